The Morgan fingerprint density at radius 2 is 2.05 bits per heavy atom. The first kappa shape index (κ1) is 14.6. The van der Waals surface area contributed by atoms with Gasteiger partial charge in [-0.3, -0.25) is 10.1 Å². The summed E-state index contributed by atoms with van der Waals surface area (Å²) in [5, 5.41) is 12.1. The van der Waals surface area contributed by atoms with E-state index in [2.05, 4.69) is 29.4 Å². The topological polar surface area (TPSA) is 54.9 Å². The molecule has 1 N–H and O–H groups in total. The first-order chi connectivity index (χ1) is 9.60. The van der Waals surface area contributed by atoms with Gasteiger partial charge in [0.1, 0.15) is 10.8 Å². The highest BCUT2D eigenvalue weighted by Crippen LogP contribution is 2.26. The number of rotatable bonds is 5. The maximum atomic E-state index is 12.8. The molecule has 1 unspecified atom stereocenters. The zero-order valence-electron chi connectivity index (χ0n) is 11.4. The van der Waals surface area contributed by atoms with E-state index in [0.717, 1.165) is 17.8 Å². The second-order valence-electron chi connectivity index (χ2n) is 4.60. The van der Waals surface area contributed by atoms with Crippen LogP contribution in [0.5, 0.6) is 0 Å². The summed E-state index contributed by atoms with van der Waals surface area (Å²) < 4.78 is 12.8. The summed E-state index contributed by atoms with van der Waals surface area (Å²) in [5.74, 6) is -0.335. The number of hydrogen-bond donors (Lipinski definition) is 1. The Balaban J connectivity index is 2.03. The number of amides is 1. The van der Waals surface area contributed by atoms with Gasteiger partial charge in [-0.05, 0) is 30.7 Å². The Hall–Kier alpha value is -1.82. The summed E-state index contributed by atoms with van der Waals surface area (Å²) in [7, 11) is 0. The summed E-state index contributed by atoms with van der Waals surface area (Å²) in [4.78, 5) is 11.9. The molecule has 0 saturated carbocycles. The van der Waals surface area contributed by atoms with E-state index < -0.39 is 0 Å². The van der Waals surface area contributed by atoms with E-state index in [-0.39, 0.29) is 11.7 Å². The van der Waals surface area contributed by atoms with Gasteiger partial charge in [0.05, 0.1) is 0 Å². The highest BCUT2D eigenvalue weighted by atomic mass is 32.1. The van der Waals surface area contributed by atoms with Crippen molar-refractivity contribution < 1.29 is 9.18 Å². The van der Waals surface area contributed by atoms with Gasteiger partial charge in [-0.2, -0.15) is 0 Å². The van der Waals surface area contributed by atoms with Gasteiger partial charge in [0.2, 0.25) is 5.13 Å². The lowest BCUT2D eigenvalue weighted by Gasteiger charge is -2.03. The monoisotopic (exact) mass is 293 g/mol. The first-order valence-electron chi connectivity index (χ1n) is 6.50. The fraction of sp³-hybridized carbons (Fsp3) is 0.357. The lowest BCUT2D eigenvalue weighted by atomic mass is 10.1. The number of anilines is 1. The molecular formula is C14H16FN3OS. The zero-order valence-corrected chi connectivity index (χ0v) is 12.2. The van der Waals surface area contributed by atoms with E-state index >= 15 is 0 Å². The fourth-order valence-electron chi connectivity index (χ4n) is 1.81. The molecule has 2 rings (SSSR count). The molecule has 1 aromatic heterocycles. The Labute approximate surface area is 121 Å². The molecule has 0 fully saturated rings. The third kappa shape index (κ3) is 3.60. The van der Waals surface area contributed by atoms with Gasteiger partial charge in [0.15, 0.2) is 0 Å². The van der Waals surface area contributed by atoms with Crippen molar-refractivity contribution in [2.45, 2.75) is 32.6 Å². The van der Waals surface area contributed by atoms with Crippen LogP contribution in [0.3, 0.4) is 0 Å². The quantitative estimate of drug-likeness (QED) is 0.911. The van der Waals surface area contributed by atoms with E-state index in [4.69, 9.17) is 0 Å². The fourth-order valence-corrected chi connectivity index (χ4v) is 2.64. The molecule has 1 heterocycles. The lowest BCUT2D eigenvalue weighted by Crippen LogP contribution is -2.11. The van der Waals surface area contributed by atoms with Crippen LogP contribution < -0.4 is 5.32 Å². The van der Waals surface area contributed by atoms with Gasteiger partial charge in [0.25, 0.3) is 5.91 Å². The van der Waals surface area contributed by atoms with Crippen LogP contribution in [-0.4, -0.2) is 16.1 Å². The number of nitrogens with one attached hydrogen (secondary N) is 1. The smallest absolute Gasteiger partial charge is 0.257 e. The molecule has 2 aromatic rings. The molecule has 0 aliphatic heterocycles. The summed E-state index contributed by atoms with van der Waals surface area (Å²) in [5.41, 5.74) is 0.393. The van der Waals surface area contributed by atoms with Crippen molar-refractivity contribution in [2.75, 3.05) is 5.32 Å². The second-order valence-corrected chi connectivity index (χ2v) is 5.61. The van der Waals surface area contributed by atoms with E-state index in [0.29, 0.717) is 16.6 Å². The van der Waals surface area contributed by atoms with E-state index in [9.17, 15) is 9.18 Å². The second kappa shape index (κ2) is 6.56. The minimum Gasteiger partial charge on any atom is -0.296 e. The summed E-state index contributed by atoms with van der Waals surface area (Å²) in [6.45, 7) is 4.21. The van der Waals surface area contributed by atoms with Crippen molar-refractivity contribution in [3.05, 3.63) is 40.7 Å². The molecule has 0 radical (unpaired) electrons. The Morgan fingerprint density at radius 1 is 1.35 bits per heavy atom. The van der Waals surface area contributed by atoms with E-state index in [1.54, 1.807) is 0 Å². The average molecular weight is 293 g/mol. The minimum atomic E-state index is -0.367. The molecular weight excluding hydrogens is 277 g/mol. The molecule has 1 atom stereocenters. The number of carbonyl (C=O) groups excluding carboxylic acids is 1. The van der Waals surface area contributed by atoms with Crippen LogP contribution in [0.2, 0.25) is 0 Å². The first-order valence-corrected chi connectivity index (χ1v) is 7.32. The van der Waals surface area contributed by atoms with Gasteiger partial charge in [-0.25, -0.2) is 4.39 Å². The number of hydrogen-bond acceptors (Lipinski definition) is 4. The van der Waals surface area contributed by atoms with Crippen LogP contribution in [0.15, 0.2) is 24.3 Å². The zero-order chi connectivity index (χ0) is 14.5. The molecule has 1 aromatic carbocycles. The van der Waals surface area contributed by atoms with Crippen molar-refractivity contribution in [1.82, 2.24) is 10.2 Å². The van der Waals surface area contributed by atoms with E-state index in [1.807, 2.05) is 0 Å². The predicted molar refractivity (Wildman–Crippen MR) is 77.6 cm³/mol. The predicted octanol–water partition coefficient (Wildman–Crippen LogP) is 3.83. The molecule has 0 spiro atoms. The molecule has 1 amide bonds. The van der Waals surface area contributed by atoms with Crippen molar-refractivity contribution in [3.63, 3.8) is 0 Å². The van der Waals surface area contributed by atoms with Crippen LogP contribution in [0.4, 0.5) is 9.52 Å². The van der Waals surface area contributed by atoms with Gasteiger partial charge >= 0.3 is 0 Å². The minimum absolute atomic E-state index is 0.309. The Bertz CT molecular complexity index is 582. The standard InChI is InChI=1S/C14H16FN3OS/c1-3-4-9(2)13-17-18-14(20-13)16-12(19)10-5-7-11(15)8-6-10/h5-9H,3-4H2,1-2H3,(H,16,18,19). The maximum absolute atomic E-state index is 12.8. The maximum Gasteiger partial charge on any atom is 0.257 e. The highest BCUT2D eigenvalue weighted by Gasteiger charge is 2.13. The molecule has 0 aliphatic rings. The molecule has 0 aliphatic carbocycles. The summed E-state index contributed by atoms with van der Waals surface area (Å²) in [6, 6.07) is 5.38. The Kier molecular flexibility index (Phi) is 4.79. The SMILES string of the molecule is CCCC(C)c1nnc(NC(=O)c2ccc(F)cc2)s1. The van der Waals surface area contributed by atoms with Crippen molar-refractivity contribution in [3.8, 4) is 0 Å². The summed E-state index contributed by atoms with van der Waals surface area (Å²) in [6.07, 6.45) is 2.12. The van der Waals surface area contributed by atoms with Crippen LogP contribution in [0.25, 0.3) is 0 Å². The number of halogens is 1. The third-order valence-electron chi connectivity index (χ3n) is 2.91. The van der Waals surface area contributed by atoms with Crippen molar-refractivity contribution in [1.29, 1.82) is 0 Å². The third-order valence-corrected chi connectivity index (χ3v) is 3.98. The number of carbonyl (C=O) groups is 1. The van der Waals surface area contributed by atoms with Gasteiger partial charge in [-0.15, -0.1) is 10.2 Å². The molecule has 6 heteroatoms. The van der Waals surface area contributed by atoms with Gasteiger partial charge in [-0.1, -0.05) is 31.6 Å². The highest BCUT2D eigenvalue weighted by molar-refractivity contribution is 7.15. The largest absolute Gasteiger partial charge is 0.296 e. The molecule has 4 nitrogen and oxygen atoms in total. The van der Waals surface area contributed by atoms with Crippen LogP contribution in [-0.2, 0) is 0 Å². The lowest BCUT2D eigenvalue weighted by molar-refractivity contribution is 0.102. The van der Waals surface area contributed by atoms with Crippen molar-refractivity contribution in [2.24, 2.45) is 0 Å². The average Bonchev–Trinajstić information content (AvgIpc) is 2.88. The van der Waals surface area contributed by atoms with Crippen molar-refractivity contribution >= 4 is 22.4 Å². The van der Waals surface area contributed by atoms with Crippen LogP contribution in [0.1, 0.15) is 48.0 Å². The number of benzene rings is 1. The summed E-state index contributed by atoms with van der Waals surface area (Å²) >= 11 is 1.38. The van der Waals surface area contributed by atoms with Crippen LogP contribution in [0, 0.1) is 5.82 Å². The number of nitrogens with zero attached hydrogens (tertiary/aromatic N) is 2. The molecule has 106 valence electrons. The molecule has 0 bridgehead atoms. The molecule has 0 saturated heterocycles. The van der Waals surface area contributed by atoms with Gasteiger partial charge in [0, 0.05) is 11.5 Å². The normalized spacial score (nSPS) is 12.2. The Morgan fingerprint density at radius 3 is 2.70 bits per heavy atom. The van der Waals surface area contributed by atoms with Crippen LogP contribution >= 0.6 is 11.3 Å². The van der Waals surface area contributed by atoms with Gasteiger partial charge < -0.3 is 0 Å². The number of aromatic nitrogens is 2. The molecule has 20 heavy (non-hydrogen) atoms. The van der Waals surface area contributed by atoms with E-state index in [1.165, 1.54) is 35.6 Å².